The Bertz CT molecular complexity index is 479. The molecule has 0 saturated heterocycles. The van der Waals surface area contributed by atoms with E-state index in [0.29, 0.717) is 14.5 Å². The van der Waals surface area contributed by atoms with Gasteiger partial charge >= 0.3 is 102 Å². The molecule has 0 aliphatic rings. The Labute approximate surface area is 102 Å². The topological polar surface area (TPSA) is 25.4 Å². The van der Waals surface area contributed by atoms with E-state index in [1.165, 1.54) is 15.3 Å². The number of aromatic nitrogens is 1. The van der Waals surface area contributed by atoms with Gasteiger partial charge in [-0.05, 0) is 0 Å². The molecule has 0 aromatic carbocycles. The maximum atomic E-state index is 5.22. The van der Waals surface area contributed by atoms with Crippen LogP contribution in [-0.4, -0.2) is 52.1 Å². The number of pyridine rings is 1. The molecule has 0 fully saturated rings. The molecule has 86 valence electrons. The van der Waals surface area contributed by atoms with Crippen molar-refractivity contribution in [2.75, 3.05) is 27.7 Å². The molecule has 0 aliphatic heterocycles. The van der Waals surface area contributed by atoms with Gasteiger partial charge in [-0.3, -0.25) is 0 Å². The van der Waals surface area contributed by atoms with E-state index >= 15 is 0 Å². The van der Waals surface area contributed by atoms with Gasteiger partial charge in [0.25, 0.3) is 0 Å². The van der Waals surface area contributed by atoms with Crippen molar-refractivity contribution < 1.29 is 4.74 Å². The molecule has 2 rings (SSSR count). The van der Waals surface area contributed by atoms with Crippen LogP contribution in [0.4, 0.5) is 0 Å². The zero-order valence-electron chi connectivity index (χ0n) is 9.86. The van der Waals surface area contributed by atoms with Gasteiger partial charge in [0, 0.05) is 0 Å². The first-order chi connectivity index (χ1) is 7.70. The Morgan fingerprint density at radius 1 is 1.44 bits per heavy atom. The Balaban J connectivity index is 2.30. The summed E-state index contributed by atoms with van der Waals surface area (Å²) in [5, 5.41) is 1.29. The average molecular weight is 283 g/mol. The molecule has 0 radical (unpaired) electrons. The fourth-order valence-corrected chi connectivity index (χ4v) is 3.55. The molecular weight excluding hydrogens is 267 g/mol. The van der Waals surface area contributed by atoms with Crippen molar-refractivity contribution in [3.8, 4) is 5.75 Å². The maximum absolute atomic E-state index is 5.22. The molecule has 0 atom stereocenters. The van der Waals surface area contributed by atoms with Gasteiger partial charge in [0.05, 0.1) is 0 Å². The molecule has 2 heterocycles. The molecule has 0 aliphatic carbocycles. The molecule has 0 spiro atoms. The summed E-state index contributed by atoms with van der Waals surface area (Å²) >= 11 is 0.406. The van der Waals surface area contributed by atoms with Gasteiger partial charge in [-0.25, -0.2) is 0 Å². The van der Waals surface area contributed by atoms with Crippen LogP contribution in [0, 0.1) is 0 Å². The quantitative estimate of drug-likeness (QED) is 0.793. The van der Waals surface area contributed by atoms with Crippen molar-refractivity contribution >= 4 is 24.3 Å². The van der Waals surface area contributed by atoms with Crippen LogP contribution in [0.3, 0.4) is 0 Å². The van der Waals surface area contributed by atoms with Gasteiger partial charge in [-0.1, -0.05) is 0 Å². The summed E-state index contributed by atoms with van der Waals surface area (Å²) in [5.74, 6) is 0.854. The monoisotopic (exact) mass is 284 g/mol. The third-order valence-electron chi connectivity index (χ3n) is 2.55. The summed E-state index contributed by atoms with van der Waals surface area (Å²) in [4.78, 5) is 8.99. The van der Waals surface area contributed by atoms with Gasteiger partial charge in [-0.15, -0.1) is 0 Å². The standard InChI is InChI=1S/C12H16N2OSe/c1-14(2)5-4-9-8-16-12-11(9)6-10(15-3)7-13-12/h6-8H,4-5H2,1-3H3. The molecule has 3 nitrogen and oxygen atoms in total. The van der Waals surface area contributed by atoms with Crippen LogP contribution in [0.5, 0.6) is 5.75 Å². The van der Waals surface area contributed by atoms with Gasteiger partial charge in [0.1, 0.15) is 0 Å². The number of fused-ring (bicyclic) bond motifs is 1. The number of ether oxygens (including phenoxy) is 1. The Morgan fingerprint density at radius 2 is 2.25 bits per heavy atom. The molecule has 2 aromatic rings. The summed E-state index contributed by atoms with van der Waals surface area (Å²) in [6, 6.07) is 2.11. The van der Waals surface area contributed by atoms with E-state index in [1.54, 1.807) is 7.11 Å². The van der Waals surface area contributed by atoms with E-state index in [0.717, 1.165) is 18.7 Å². The van der Waals surface area contributed by atoms with E-state index in [1.807, 2.05) is 6.20 Å². The SMILES string of the molecule is COc1cnc2[se]cc(CCN(C)C)c2c1. The fraction of sp³-hybridized carbons (Fsp3) is 0.417. The van der Waals surface area contributed by atoms with Crippen LogP contribution in [0.25, 0.3) is 9.78 Å². The zero-order valence-corrected chi connectivity index (χ0v) is 11.6. The van der Waals surface area contributed by atoms with Crippen molar-refractivity contribution in [1.29, 1.82) is 0 Å². The van der Waals surface area contributed by atoms with Crippen LogP contribution >= 0.6 is 0 Å². The summed E-state index contributed by atoms with van der Waals surface area (Å²) in [7, 11) is 5.89. The van der Waals surface area contributed by atoms with Gasteiger partial charge in [0.2, 0.25) is 0 Å². The van der Waals surface area contributed by atoms with Crippen LogP contribution in [-0.2, 0) is 6.42 Å². The molecule has 0 saturated carbocycles. The van der Waals surface area contributed by atoms with Crippen LogP contribution in [0.2, 0.25) is 0 Å². The van der Waals surface area contributed by atoms with E-state index in [-0.39, 0.29) is 0 Å². The Kier molecular flexibility index (Phi) is 3.64. The Morgan fingerprint density at radius 3 is 2.94 bits per heavy atom. The zero-order chi connectivity index (χ0) is 11.5. The van der Waals surface area contributed by atoms with Crippen LogP contribution < -0.4 is 4.74 Å². The van der Waals surface area contributed by atoms with Gasteiger partial charge in [-0.2, -0.15) is 0 Å². The van der Waals surface area contributed by atoms with Gasteiger partial charge in [0.15, 0.2) is 0 Å². The third-order valence-corrected chi connectivity index (χ3v) is 4.54. The first-order valence-electron chi connectivity index (χ1n) is 5.25. The van der Waals surface area contributed by atoms with E-state index in [9.17, 15) is 0 Å². The van der Waals surface area contributed by atoms with Crippen molar-refractivity contribution in [3.05, 3.63) is 22.8 Å². The molecule has 4 heteroatoms. The molecule has 0 bridgehead atoms. The summed E-state index contributed by atoms with van der Waals surface area (Å²) in [6.07, 6.45) is 2.90. The number of hydrogen-bond acceptors (Lipinski definition) is 3. The summed E-state index contributed by atoms with van der Waals surface area (Å²) < 4.78 is 6.46. The Hall–Kier alpha value is -0.831. The van der Waals surface area contributed by atoms with E-state index in [2.05, 4.69) is 35.0 Å². The number of methoxy groups -OCH3 is 1. The first kappa shape index (κ1) is 11.6. The van der Waals surface area contributed by atoms with Crippen LogP contribution in [0.15, 0.2) is 17.2 Å². The number of nitrogens with zero attached hydrogens (tertiary/aromatic N) is 2. The van der Waals surface area contributed by atoms with E-state index < -0.39 is 0 Å². The molecule has 2 aromatic heterocycles. The third kappa shape index (κ3) is 2.46. The minimum atomic E-state index is 0.406. The summed E-state index contributed by atoms with van der Waals surface area (Å²) in [6.45, 7) is 1.08. The number of likely N-dealkylation sites (N-methyl/N-ethyl adjacent to an activating group) is 1. The molecule has 0 N–H and O–H groups in total. The fourth-order valence-electron chi connectivity index (χ4n) is 1.60. The van der Waals surface area contributed by atoms with Crippen LogP contribution in [0.1, 0.15) is 5.56 Å². The second-order valence-electron chi connectivity index (χ2n) is 4.04. The minimum absolute atomic E-state index is 0.406. The first-order valence-corrected chi connectivity index (χ1v) is 7.10. The van der Waals surface area contributed by atoms with Crippen molar-refractivity contribution in [1.82, 2.24) is 9.88 Å². The number of hydrogen-bond donors (Lipinski definition) is 0. The second-order valence-corrected chi connectivity index (χ2v) is 5.84. The normalized spacial score (nSPS) is 11.2. The molecule has 0 amide bonds. The summed E-state index contributed by atoms with van der Waals surface area (Å²) in [5.41, 5.74) is 1.43. The predicted octanol–water partition coefficient (Wildman–Crippen LogP) is 1.40. The molecule has 16 heavy (non-hydrogen) atoms. The van der Waals surface area contributed by atoms with Crippen molar-refractivity contribution in [3.63, 3.8) is 0 Å². The van der Waals surface area contributed by atoms with E-state index in [4.69, 9.17) is 4.74 Å². The number of rotatable bonds is 4. The predicted molar refractivity (Wildman–Crippen MR) is 67.5 cm³/mol. The molecule has 0 unspecified atom stereocenters. The van der Waals surface area contributed by atoms with Gasteiger partial charge < -0.3 is 0 Å². The average Bonchev–Trinajstić information content (AvgIpc) is 2.68. The molecular formula is C12H16N2OSe. The van der Waals surface area contributed by atoms with Crippen molar-refractivity contribution in [2.45, 2.75) is 6.42 Å². The second kappa shape index (κ2) is 5.00. The van der Waals surface area contributed by atoms with Crippen molar-refractivity contribution in [2.24, 2.45) is 0 Å².